The minimum atomic E-state index is -0.630. The molecule has 0 aliphatic rings. The highest BCUT2D eigenvalue weighted by Crippen LogP contribution is 2.31. The molecular weight excluding hydrogens is 488 g/mol. The molecule has 0 spiro atoms. The minimum absolute atomic E-state index is 0.0257. The van der Waals surface area contributed by atoms with Gasteiger partial charge >= 0.3 is 5.97 Å². The van der Waals surface area contributed by atoms with Crippen molar-refractivity contribution in [2.75, 3.05) is 11.9 Å². The van der Waals surface area contributed by atoms with E-state index in [4.69, 9.17) is 4.74 Å². The molecule has 2 N–H and O–H groups in total. The lowest BCUT2D eigenvalue weighted by Gasteiger charge is -2.11. The molecule has 3 heterocycles. The summed E-state index contributed by atoms with van der Waals surface area (Å²) in [5.74, 6) is -0.572. The minimum Gasteiger partial charge on any atom is -0.461 e. The maximum absolute atomic E-state index is 13.6. The highest BCUT2D eigenvalue weighted by Gasteiger charge is 2.23. The van der Waals surface area contributed by atoms with Crippen LogP contribution in [0.5, 0.6) is 0 Å². The van der Waals surface area contributed by atoms with Crippen LogP contribution in [0.25, 0.3) is 27.4 Å². The number of aromatic nitrogens is 3. The van der Waals surface area contributed by atoms with Crippen LogP contribution >= 0.6 is 11.3 Å². The Balaban J connectivity index is 1.56. The number of benzene rings is 2. The van der Waals surface area contributed by atoms with E-state index in [1.165, 1.54) is 16.0 Å². The first-order valence-electron chi connectivity index (χ1n) is 12.0. The first kappa shape index (κ1) is 24.5. The molecule has 9 heteroatoms. The van der Waals surface area contributed by atoms with E-state index in [9.17, 15) is 14.4 Å². The molecule has 5 rings (SSSR count). The Labute approximate surface area is 216 Å². The van der Waals surface area contributed by atoms with Gasteiger partial charge in [-0.1, -0.05) is 44.2 Å². The van der Waals surface area contributed by atoms with Crippen LogP contribution in [-0.2, 0) is 16.0 Å². The number of ether oxygens (including phenoxy) is 1. The lowest BCUT2D eigenvalue weighted by Crippen LogP contribution is -2.25. The Morgan fingerprint density at radius 2 is 1.86 bits per heavy atom. The number of H-pyrrole nitrogens is 1. The third-order valence-corrected chi connectivity index (χ3v) is 7.10. The molecule has 188 valence electrons. The summed E-state index contributed by atoms with van der Waals surface area (Å²) >= 11 is 1.18. The van der Waals surface area contributed by atoms with Crippen LogP contribution in [0.3, 0.4) is 0 Å². The summed E-state index contributed by atoms with van der Waals surface area (Å²) in [4.78, 5) is 42.6. The zero-order chi connectivity index (χ0) is 26.1. The second-order valence-electron chi connectivity index (χ2n) is 8.97. The van der Waals surface area contributed by atoms with Crippen molar-refractivity contribution in [2.24, 2.45) is 0 Å². The number of hydrogen-bond donors (Lipinski definition) is 2. The van der Waals surface area contributed by atoms with Gasteiger partial charge in [0.05, 0.1) is 24.1 Å². The van der Waals surface area contributed by atoms with Crippen LogP contribution < -0.4 is 10.9 Å². The molecule has 0 aliphatic carbocycles. The van der Waals surface area contributed by atoms with Crippen molar-refractivity contribution in [1.29, 1.82) is 0 Å². The monoisotopic (exact) mass is 514 g/mol. The van der Waals surface area contributed by atoms with Gasteiger partial charge in [-0.15, -0.1) is 11.3 Å². The van der Waals surface area contributed by atoms with E-state index < -0.39 is 11.5 Å². The first-order valence-corrected chi connectivity index (χ1v) is 12.9. The average molecular weight is 515 g/mol. The van der Waals surface area contributed by atoms with Gasteiger partial charge in [0.2, 0.25) is 5.91 Å². The number of carbonyl (C=O) groups is 2. The van der Waals surface area contributed by atoms with Crippen molar-refractivity contribution >= 4 is 49.9 Å². The van der Waals surface area contributed by atoms with Crippen LogP contribution in [0.2, 0.25) is 0 Å². The molecule has 0 atom stereocenters. The smallest absolute Gasteiger partial charge is 0.359 e. The number of rotatable bonds is 7. The quantitative estimate of drug-likeness (QED) is 0.283. The summed E-state index contributed by atoms with van der Waals surface area (Å²) in [6.45, 7) is 6.05. The number of para-hydroxylation sites is 1. The third kappa shape index (κ3) is 4.65. The van der Waals surface area contributed by atoms with Crippen molar-refractivity contribution in [3.05, 3.63) is 87.3 Å². The van der Waals surface area contributed by atoms with Crippen LogP contribution in [0.4, 0.5) is 5.00 Å². The molecule has 1 amide bonds. The first-order chi connectivity index (χ1) is 17.9. The summed E-state index contributed by atoms with van der Waals surface area (Å²) in [6.07, 6.45) is 1.94. The summed E-state index contributed by atoms with van der Waals surface area (Å²) in [7, 11) is 0. The standard InChI is InChI=1S/C28H26N4O4S/c1-4-36-28(35)25-21-15-37-26(30-23(33)13-18-14-29-22-8-6-5-7-20(18)22)24(21)27(34)32(31-25)19-11-9-17(10-12-19)16(2)3/h5-12,14-16,29H,4,13H2,1-3H3,(H,30,33). The molecule has 0 saturated heterocycles. The lowest BCUT2D eigenvalue weighted by atomic mass is 10.0. The van der Waals surface area contributed by atoms with Gasteiger partial charge in [-0.25, -0.2) is 4.79 Å². The number of carbonyl (C=O) groups excluding carboxylic acids is 2. The molecule has 0 unspecified atom stereocenters. The number of nitrogens with zero attached hydrogens (tertiary/aromatic N) is 2. The molecule has 0 bridgehead atoms. The van der Waals surface area contributed by atoms with Gasteiger partial charge in [0.15, 0.2) is 5.69 Å². The van der Waals surface area contributed by atoms with Crippen molar-refractivity contribution in [2.45, 2.75) is 33.1 Å². The van der Waals surface area contributed by atoms with E-state index in [1.54, 1.807) is 24.4 Å². The SMILES string of the molecule is CCOC(=O)c1nn(-c2ccc(C(C)C)cc2)c(=O)c2c(NC(=O)Cc3c[nH]c4ccccc34)scc12. The number of amides is 1. The normalized spacial score (nSPS) is 11.4. The molecule has 37 heavy (non-hydrogen) atoms. The molecule has 0 fully saturated rings. The van der Waals surface area contributed by atoms with E-state index in [0.717, 1.165) is 22.0 Å². The number of anilines is 1. The molecule has 0 saturated carbocycles. The fourth-order valence-corrected chi connectivity index (χ4v) is 5.24. The largest absolute Gasteiger partial charge is 0.461 e. The highest BCUT2D eigenvalue weighted by atomic mass is 32.1. The van der Waals surface area contributed by atoms with Crippen molar-refractivity contribution in [3.63, 3.8) is 0 Å². The predicted octanol–water partition coefficient (Wildman–Crippen LogP) is 5.41. The van der Waals surface area contributed by atoms with Crippen LogP contribution in [0, 0.1) is 0 Å². The Bertz CT molecular complexity index is 1680. The van der Waals surface area contributed by atoms with Crippen LogP contribution in [-0.4, -0.2) is 33.2 Å². The fourth-order valence-electron chi connectivity index (χ4n) is 4.29. The molecule has 5 aromatic rings. The molecule has 8 nitrogen and oxygen atoms in total. The van der Waals surface area contributed by atoms with Crippen molar-refractivity contribution in [3.8, 4) is 5.69 Å². The number of hydrogen-bond acceptors (Lipinski definition) is 6. The number of aromatic amines is 1. The Morgan fingerprint density at radius 3 is 2.59 bits per heavy atom. The molecule has 2 aromatic carbocycles. The Hall–Kier alpha value is -4.24. The fraction of sp³-hybridized carbons (Fsp3) is 0.214. The van der Waals surface area contributed by atoms with Crippen LogP contribution in [0.15, 0.2) is 64.9 Å². The summed E-state index contributed by atoms with van der Waals surface area (Å²) in [5.41, 5.74) is 3.03. The molecule has 0 aliphatic heterocycles. The maximum atomic E-state index is 13.6. The van der Waals surface area contributed by atoms with Gasteiger partial charge in [0.25, 0.3) is 5.56 Å². The highest BCUT2D eigenvalue weighted by molar-refractivity contribution is 7.16. The van der Waals surface area contributed by atoms with Gasteiger partial charge in [0, 0.05) is 27.9 Å². The van der Waals surface area contributed by atoms with E-state index >= 15 is 0 Å². The van der Waals surface area contributed by atoms with E-state index in [2.05, 4.69) is 29.2 Å². The molecular formula is C28H26N4O4S. The molecule has 0 radical (unpaired) electrons. The number of esters is 1. The second kappa shape index (κ2) is 10.0. The topological polar surface area (TPSA) is 106 Å². The molecule has 3 aromatic heterocycles. The second-order valence-corrected chi connectivity index (χ2v) is 9.85. The number of nitrogens with one attached hydrogen (secondary N) is 2. The van der Waals surface area contributed by atoms with Crippen LogP contribution in [0.1, 0.15) is 48.3 Å². The summed E-state index contributed by atoms with van der Waals surface area (Å²) in [5, 5.41) is 10.8. The van der Waals surface area contributed by atoms with E-state index in [-0.39, 0.29) is 30.0 Å². The van der Waals surface area contributed by atoms with Gasteiger partial charge in [-0.2, -0.15) is 9.78 Å². The van der Waals surface area contributed by atoms with Crippen molar-refractivity contribution in [1.82, 2.24) is 14.8 Å². The zero-order valence-electron chi connectivity index (χ0n) is 20.7. The van der Waals surface area contributed by atoms with E-state index in [0.29, 0.717) is 22.0 Å². The predicted molar refractivity (Wildman–Crippen MR) is 146 cm³/mol. The summed E-state index contributed by atoms with van der Waals surface area (Å²) < 4.78 is 6.41. The van der Waals surface area contributed by atoms with Gasteiger partial charge < -0.3 is 15.0 Å². The lowest BCUT2D eigenvalue weighted by molar-refractivity contribution is -0.115. The van der Waals surface area contributed by atoms with Gasteiger partial charge in [-0.3, -0.25) is 9.59 Å². The van der Waals surface area contributed by atoms with Gasteiger partial charge in [0.1, 0.15) is 5.00 Å². The Morgan fingerprint density at radius 1 is 1.11 bits per heavy atom. The van der Waals surface area contributed by atoms with E-state index in [1.807, 2.05) is 42.6 Å². The van der Waals surface area contributed by atoms with Crippen molar-refractivity contribution < 1.29 is 14.3 Å². The number of fused-ring (bicyclic) bond motifs is 2. The third-order valence-electron chi connectivity index (χ3n) is 6.20. The van der Waals surface area contributed by atoms with Gasteiger partial charge in [-0.05, 0) is 42.2 Å². The summed E-state index contributed by atoms with van der Waals surface area (Å²) in [6, 6.07) is 15.2. The maximum Gasteiger partial charge on any atom is 0.359 e. The Kier molecular flexibility index (Phi) is 6.62. The zero-order valence-corrected chi connectivity index (χ0v) is 21.5. The average Bonchev–Trinajstić information content (AvgIpc) is 3.49. The number of thiophene rings is 1.